The van der Waals surface area contributed by atoms with Crippen LogP contribution >= 0.6 is 11.3 Å². The monoisotopic (exact) mass is 368 g/mol. The molecule has 1 amide bonds. The number of methoxy groups -OCH3 is 1. The minimum Gasteiger partial charge on any atom is -0.465 e. The normalized spacial score (nSPS) is 10.5. The Morgan fingerprint density at radius 2 is 1.77 bits per heavy atom. The molecule has 0 bridgehead atoms. The highest BCUT2D eigenvalue weighted by atomic mass is 32.1. The number of carbonyl (C=O) groups excluding carboxylic acids is 2. The second-order valence-corrected chi connectivity index (χ2v) is 6.95. The summed E-state index contributed by atoms with van der Waals surface area (Å²) in [6, 6.07) is 14.5. The van der Waals surface area contributed by atoms with Crippen LogP contribution < -0.4 is 0 Å². The van der Waals surface area contributed by atoms with Gasteiger partial charge in [-0.05, 0) is 47.8 Å². The van der Waals surface area contributed by atoms with Gasteiger partial charge in [-0.1, -0.05) is 6.07 Å². The molecular weight excluding hydrogens is 348 g/mol. The van der Waals surface area contributed by atoms with E-state index >= 15 is 0 Å². The fraction of sp³-hybridized carbons (Fsp3) is 0.200. The molecule has 2 aromatic heterocycles. The van der Waals surface area contributed by atoms with E-state index in [4.69, 9.17) is 4.74 Å². The quantitative estimate of drug-likeness (QED) is 0.623. The molecule has 1 aromatic carbocycles. The Kier molecular flexibility index (Phi) is 5.53. The molecule has 0 atom stereocenters. The molecule has 26 heavy (non-hydrogen) atoms. The number of benzene rings is 1. The second-order valence-electron chi connectivity index (χ2n) is 5.92. The third-order valence-electron chi connectivity index (χ3n) is 4.17. The molecule has 0 aliphatic rings. The first-order chi connectivity index (χ1) is 12.6. The van der Waals surface area contributed by atoms with Gasteiger partial charge in [-0.15, -0.1) is 11.3 Å². The maximum atomic E-state index is 13.1. The van der Waals surface area contributed by atoms with Crippen molar-refractivity contribution < 1.29 is 14.3 Å². The van der Waals surface area contributed by atoms with Gasteiger partial charge >= 0.3 is 5.97 Å². The summed E-state index contributed by atoms with van der Waals surface area (Å²) >= 11 is 1.63. The lowest BCUT2D eigenvalue weighted by Crippen LogP contribution is -2.30. The number of nitrogens with zero attached hydrogens (tertiary/aromatic N) is 2. The topological polar surface area (TPSA) is 51.5 Å². The van der Waals surface area contributed by atoms with E-state index in [0.717, 1.165) is 10.6 Å². The first-order valence-corrected chi connectivity index (χ1v) is 9.06. The van der Waals surface area contributed by atoms with Crippen molar-refractivity contribution in [2.75, 3.05) is 7.11 Å². The molecule has 0 spiro atoms. The number of ether oxygens (including phenoxy) is 1. The molecule has 3 rings (SSSR count). The van der Waals surface area contributed by atoms with Gasteiger partial charge in [-0.25, -0.2) is 4.79 Å². The Morgan fingerprint density at radius 3 is 2.35 bits per heavy atom. The zero-order chi connectivity index (χ0) is 18.5. The first kappa shape index (κ1) is 17.9. The van der Waals surface area contributed by atoms with Gasteiger partial charge in [0.1, 0.15) is 0 Å². The molecule has 0 saturated heterocycles. The predicted molar refractivity (Wildman–Crippen MR) is 101 cm³/mol. The van der Waals surface area contributed by atoms with Gasteiger partial charge in [0.2, 0.25) is 0 Å². The van der Waals surface area contributed by atoms with Gasteiger partial charge in [-0.2, -0.15) is 0 Å². The molecule has 3 aromatic rings. The lowest BCUT2D eigenvalue weighted by molar-refractivity contribution is 0.0599. The molecule has 0 aliphatic carbocycles. The largest absolute Gasteiger partial charge is 0.465 e. The van der Waals surface area contributed by atoms with E-state index in [1.807, 2.05) is 52.4 Å². The van der Waals surface area contributed by atoms with Gasteiger partial charge in [0, 0.05) is 29.4 Å². The van der Waals surface area contributed by atoms with Crippen molar-refractivity contribution in [3.05, 3.63) is 81.8 Å². The van der Waals surface area contributed by atoms with Crippen molar-refractivity contribution in [2.45, 2.75) is 13.1 Å². The second kappa shape index (κ2) is 8.01. The van der Waals surface area contributed by atoms with Gasteiger partial charge in [0.05, 0.1) is 25.8 Å². The average Bonchev–Trinajstić information content (AvgIpc) is 3.32. The van der Waals surface area contributed by atoms with Gasteiger partial charge < -0.3 is 14.2 Å². The maximum Gasteiger partial charge on any atom is 0.337 e. The number of aromatic nitrogens is 1. The summed E-state index contributed by atoms with van der Waals surface area (Å²) in [7, 11) is 3.30. The van der Waals surface area contributed by atoms with E-state index in [9.17, 15) is 9.59 Å². The third-order valence-corrected chi connectivity index (χ3v) is 5.03. The molecule has 0 N–H and O–H groups in total. The predicted octanol–water partition coefficient (Wildman–Crippen LogP) is 3.72. The standard InChI is InChI=1S/C20H20N2O3S/c1-21-11-3-5-17(21)13-22(14-18-6-4-12-26-18)19(23)15-7-9-16(10-8-15)20(24)25-2/h3-12H,13-14H2,1-2H3. The van der Waals surface area contributed by atoms with Crippen LogP contribution in [0.3, 0.4) is 0 Å². The van der Waals surface area contributed by atoms with Crippen molar-refractivity contribution in [2.24, 2.45) is 7.05 Å². The number of hydrogen-bond acceptors (Lipinski definition) is 4. The molecule has 0 aliphatic heterocycles. The van der Waals surface area contributed by atoms with E-state index in [0.29, 0.717) is 24.2 Å². The summed E-state index contributed by atoms with van der Waals surface area (Å²) in [4.78, 5) is 27.6. The molecular formula is C20H20N2O3S. The van der Waals surface area contributed by atoms with Gasteiger partial charge in [-0.3, -0.25) is 4.79 Å². The fourth-order valence-corrected chi connectivity index (χ4v) is 3.42. The van der Waals surface area contributed by atoms with Crippen molar-refractivity contribution >= 4 is 23.2 Å². The van der Waals surface area contributed by atoms with E-state index in [1.54, 1.807) is 35.6 Å². The number of hydrogen-bond donors (Lipinski definition) is 0. The number of aryl methyl sites for hydroxylation is 1. The average molecular weight is 368 g/mol. The number of rotatable bonds is 6. The van der Waals surface area contributed by atoms with E-state index in [2.05, 4.69) is 0 Å². The fourth-order valence-electron chi connectivity index (χ4n) is 2.70. The van der Waals surface area contributed by atoms with Crippen molar-refractivity contribution in [1.29, 1.82) is 0 Å². The summed E-state index contributed by atoms with van der Waals surface area (Å²) in [5.41, 5.74) is 2.03. The molecule has 0 fully saturated rings. The van der Waals surface area contributed by atoms with Crippen molar-refractivity contribution in [3.63, 3.8) is 0 Å². The first-order valence-electron chi connectivity index (χ1n) is 8.18. The zero-order valence-electron chi connectivity index (χ0n) is 14.7. The summed E-state index contributed by atoms with van der Waals surface area (Å²) in [5, 5.41) is 2.01. The summed E-state index contributed by atoms with van der Waals surface area (Å²) in [6.45, 7) is 1.05. The number of esters is 1. The highest BCUT2D eigenvalue weighted by Gasteiger charge is 2.19. The lowest BCUT2D eigenvalue weighted by Gasteiger charge is -2.23. The van der Waals surface area contributed by atoms with E-state index in [-0.39, 0.29) is 5.91 Å². The molecule has 2 heterocycles. The summed E-state index contributed by atoms with van der Waals surface area (Å²) < 4.78 is 6.71. The summed E-state index contributed by atoms with van der Waals surface area (Å²) in [6.07, 6.45) is 1.97. The Morgan fingerprint density at radius 1 is 1.04 bits per heavy atom. The highest BCUT2D eigenvalue weighted by Crippen LogP contribution is 2.18. The van der Waals surface area contributed by atoms with Gasteiger partial charge in [0.25, 0.3) is 5.91 Å². The van der Waals surface area contributed by atoms with Gasteiger partial charge in [0.15, 0.2) is 0 Å². The van der Waals surface area contributed by atoms with Crippen LogP contribution in [0.15, 0.2) is 60.1 Å². The van der Waals surface area contributed by atoms with E-state index < -0.39 is 5.97 Å². The Bertz CT molecular complexity index is 882. The van der Waals surface area contributed by atoms with Crippen LogP contribution in [-0.4, -0.2) is 28.5 Å². The SMILES string of the molecule is COC(=O)c1ccc(C(=O)N(Cc2cccs2)Cc2cccn2C)cc1. The number of amides is 1. The van der Waals surface area contributed by atoms with Crippen LogP contribution in [0.1, 0.15) is 31.3 Å². The molecule has 6 heteroatoms. The number of thiophene rings is 1. The molecule has 0 unspecified atom stereocenters. The summed E-state index contributed by atoms with van der Waals surface area (Å²) in [5.74, 6) is -0.487. The Hall–Kier alpha value is -2.86. The third kappa shape index (κ3) is 4.03. The lowest BCUT2D eigenvalue weighted by atomic mass is 10.1. The van der Waals surface area contributed by atoms with Crippen LogP contribution in [0, 0.1) is 0 Å². The zero-order valence-corrected chi connectivity index (χ0v) is 15.5. The van der Waals surface area contributed by atoms with E-state index in [1.165, 1.54) is 7.11 Å². The Labute approximate surface area is 156 Å². The minimum absolute atomic E-state index is 0.0731. The molecule has 5 nitrogen and oxygen atoms in total. The maximum absolute atomic E-state index is 13.1. The highest BCUT2D eigenvalue weighted by molar-refractivity contribution is 7.09. The molecule has 0 saturated carbocycles. The van der Waals surface area contributed by atoms with Crippen molar-refractivity contribution in [3.8, 4) is 0 Å². The smallest absolute Gasteiger partial charge is 0.337 e. The molecule has 134 valence electrons. The van der Waals surface area contributed by atoms with Crippen LogP contribution in [0.4, 0.5) is 0 Å². The minimum atomic E-state index is -0.414. The van der Waals surface area contributed by atoms with Crippen LogP contribution in [0.25, 0.3) is 0 Å². The number of carbonyl (C=O) groups is 2. The Balaban J connectivity index is 1.84. The van der Waals surface area contributed by atoms with Crippen LogP contribution in [0.2, 0.25) is 0 Å². The van der Waals surface area contributed by atoms with Crippen LogP contribution in [-0.2, 0) is 24.9 Å². The van der Waals surface area contributed by atoms with Crippen molar-refractivity contribution in [1.82, 2.24) is 9.47 Å². The molecule has 0 radical (unpaired) electrons. The van der Waals surface area contributed by atoms with Crippen LogP contribution in [0.5, 0.6) is 0 Å².